The van der Waals surface area contributed by atoms with Gasteiger partial charge in [0.25, 0.3) is 0 Å². The molecule has 1 heteroatoms. The minimum absolute atomic E-state index is 1.18. The number of rotatable bonds is 1. The van der Waals surface area contributed by atoms with Crippen LogP contribution in [0.25, 0.3) is 5.57 Å². The molecular formula is C12H11I. The predicted molar refractivity (Wildman–Crippen MR) is 65.5 cm³/mol. The van der Waals surface area contributed by atoms with Crippen LogP contribution in [-0.4, -0.2) is 0 Å². The van der Waals surface area contributed by atoms with Gasteiger partial charge in [-0.2, -0.15) is 0 Å². The second-order valence-corrected chi connectivity index (χ2v) is 4.39. The molecule has 1 aliphatic carbocycles. The monoisotopic (exact) mass is 282 g/mol. The highest BCUT2D eigenvalue weighted by Crippen LogP contribution is 2.21. The third-order valence-corrected chi connectivity index (χ3v) is 2.89. The van der Waals surface area contributed by atoms with Crippen LogP contribution in [0, 0.1) is 3.57 Å². The lowest BCUT2D eigenvalue weighted by Crippen LogP contribution is -1.85. The van der Waals surface area contributed by atoms with Gasteiger partial charge < -0.3 is 0 Å². The molecule has 0 nitrogen and oxygen atoms in total. The molecular weight excluding hydrogens is 271 g/mol. The molecule has 0 bridgehead atoms. The Morgan fingerprint density at radius 3 is 2.38 bits per heavy atom. The largest absolute Gasteiger partial charge is 0.0836 e. The maximum atomic E-state index is 2.33. The van der Waals surface area contributed by atoms with Gasteiger partial charge in [-0.15, -0.1) is 0 Å². The van der Waals surface area contributed by atoms with Crippen LogP contribution in [0.2, 0.25) is 0 Å². The Labute approximate surface area is 92.5 Å². The van der Waals surface area contributed by atoms with E-state index in [0.717, 1.165) is 0 Å². The molecule has 0 spiro atoms. The first-order valence-corrected chi connectivity index (χ1v) is 5.57. The molecule has 2 rings (SSSR count). The molecule has 1 aliphatic rings. The molecule has 0 aromatic heterocycles. The van der Waals surface area contributed by atoms with Crippen molar-refractivity contribution < 1.29 is 0 Å². The van der Waals surface area contributed by atoms with E-state index in [4.69, 9.17) is 0 Å². The second-order valence-electron chi connectivity index (χ2n) is 3.15. The predicted octanol–water partition coefficient (Wildman–Crippen LogP) is 4.02. The zero-order valence-electron chi connectivity index (χ0n) is 7.33. The van der Waals surface area contributed by atoms with Gasteiger partial charge in [-0.3, -0.25) is 0 Å². The second kappa shape index (κ2) is 4.09. The van der Waals surface area contributed by atoms with Crippen LogP contribution < -0.4 is 0 Å². The highest BCUT2D eigenvalue weighted by atomic mass is 127. The maximum absolute atomic E-state index is 2.33. The molecule has 0 N–H and O–H groups in total. The van der Waals surface area contributed by atoms with Crippen LogP contribution in [0.15, 0.2) is 42.5 Å². The topological polar surface area (TPSA) is 0 Å². The minimum Gasteiger partial charge on any atom is -0.0836 e. The summed E-state index contributed by atoms with van der Waals surface area (Å²) >= 11 is 2.33. The minimum atomic E-state index is 1.18. The molecule has 66 valence electrons. The van der Waals surface area contributed by atoms with Crippen molar-refractivity contribution in [2.75, 3.05) is 0 Å². The molecule has 13 heavy (non-hydrogen) atoms. The van der Waals surface area contributed by atoms with E-state index in [1.54, 1.807) is 0 Å². The summed E-state index contributed by atoms with van der Waals surface area (Å²) in [6, 6.07) is 8.67. The van der Waals surface area contributed by atoms with E-state index >= 15 is 0 Å². The first kappa shape index (κ1) is 9.00. The third-order valence-electron chi connectivity index (χ3n) is 2.17. The van der Waals surface area contributed by atoms with Gasteiger partial charge in [0.15, 0.2) is 0 Å². The lowest BCUT2D eigenvalue weighted by atomic mass is 10.00. The summed E-state index contributed by atoms with van der Waals surface area (Å²) in [7, 11) is 0. The fourth-order valence-corrected chi connectivity index (χ4v) is 1.83. The molecule has 0 unspecified atom stereocenters. The van der Waals surface area contributed by atoms with E-state index in [1.165, 1.54) is 27.5 Å². The van der Waals surface area contributed by atoms with Gasteiger partial charge in [-0.25, -0.2) is 0 Å². The highest BCUT2D eigenvalue weighted by Gasteiger charge is 1.99. The van der Waals surface area contributed by atoms with Crippen LogP contribution in [0.4, 0.5) is 0 Å². The summed E-state index contributed by atoms with van der Waals surface area (Å²) in [5, 5.41) is 0. The average molecular weight is 282 g/mol. The van der Waals surface area contributed by atoms with Gasteiger partial charge in [0.1, 0.15) is 0 Å². The molecule has 0 heterocycles. The van der Waals surface area contributed by atoms with Crippen LogP contribution in [0.3, 0.4) is 0 Å². The molecule has 0 aliphatic heterocycles. The summed E-state index contributed by atoms with van der Waals surface area (Å²) < 4.78 is 1.29. The summed E-state index contributed by atoms with van der Waals surface area (Å²) in [5.74, 6) is 0. The standard InChI is InChI=1S/C12H11I/c13-12-8-6-11(7-9-12)10-4-2-1-3-5-10/h2,4-9H,1,3H2. The van der Waals surface area contributed by atoms with Crippen molar-refractivity contribution in [3.8, 4) is 0 Å². The van der Waals surface area contributed by atoms with Crippen molar-refractivity contribution in [2.24, 2.45) is 0 Å². The Morgan fingerprint density at radius 2 is 1.77 bits per heavy atom. The molecule has 0 saturated heterocycles. The summed E-state index contributed by atoms with van der Waals surface area (Å²) in [6.07, 6.45) is 9.13. The fraction of sp³-hybridized carbons (Fsp3) is 0.167. The molecule has 0 atom stereocenters. The lowest BCUT2D eigenvalue weighted by molar-refractivity contribution is 1.04. The number of benzene rings is 1. The van der Waals surface area contributed by atoms with E-state index in [2.05, 4.69) is 65.1 Å². The van der Waals surface area contributed by atoms with Gasteiger partial charge in [0.2, 0.25) is 0 Å². The van der Waals surface area contributed by atoms with E-state index in [1.807, 2.05) is 0 Å². The van der Waals surface area contributed by atoms with Crippen molar-refractivity contribution in [1.82, 2.24) is 0 Å². The molecule has 1 aromatic rings. The first-order valence-electron chi connectivity index (χ1n) is 4.49. The summed E-state index contributed by atoms with van der Waals surface area (Å²) in [4.78, 5) is 0. The van der Waals surface area contributed by atoms with Crippen molar-refractivity contribution in [3.63, 3.8) is 0 Å². The Bertz CT molecular complexity index is 344. The molecule has 1 aromatic carbocycles. The van der Waals surface area contributed by atoms with Crippen LogP contribution in [-0.2, 0) is 0 Å². The SMILES string of the molecule is Ic1ccc(C2=CCCC=C2)cc1. The zero-order valence-corrected chi connectivity index (χ0v) is 9.49. The van der Waals surface area contributed by atoms with Crippen LogP contribution in [0.5, 0.6) is 0 Å². The third kappa shape index (κ3) is 2.21. The Hall–Kier alpha value is -0.570. The Kier molecular flexibility index (Phi) is 2.83. The van der Waals surface area contributed by atoms with E-state index in [0.29, 0.717) is 0 Å². The van der Waals surface area contributed by atoms with Crippen LogP contribution in [0.1, 0.15) is 18.4 Å². The fourth-order valence-electron chi connectivity index (χ4n) is 1.47. The van der Waals surface area contributed by atoms with Gasteiger partial charge >= 0.3 is 0 Å². The van der Waals surface area contributed by atoms with Gasteiger partial charge in [0.05, 0.1) is 0 Å². The molecule has 0 radical (unpaired) electrons. The smallest absolute Gasteiger partial charge is 0.0130 e. The summed E-state index contributed by atoms with van der Waals surface area (Å²) in [5.41, 5.74) is 2.69. The number of allylic oxidation sites excluding steroid dienone is 4. The van der Waals surface area contributed by atoms with Gasteiger partial charge in [0, 0.05) is 3.57 Å². The van der Waals surface area contributed by atoms with Crippen molar-refractivity contribution in [2.45, 2.75) is 12.8 Å². The first-order chi connectivity index (χ1) is 6.36. The van der Waals surface area contributed by atoms with Crippen molar-refractivity contribution >= 4 is 28.2 Å². The zero-order chi connectivity index (χ0) is 9.10. The average Bonchev–Trinajstić information content (AvgIpc) is 2.20. The highest BCUT2D eigenvalue weighted by molar-refractivity contribution is 14.1. The molecule has 0 fully saturated rings. The number of halogens is 1. The molecule has 0 amide bonds. The van der Waals surface area contributed by atoms with Gasteiger partial charge in [-0.05, 0) is 58.7 Å². The summed E-state index contributed by atoms with van der Waals surface area (Å²) in [6.45, 7) is 0. The van der Waals surface area contributed by atoms with Crippen molar-refractivity contribution in [3.05, 3.63) is 51.6 Å². The van der Waals surface area contributed by atoms with Gasteiger partial charge in [-0.1, -0.05) is 30.4 Å². The van der Waals surface area contributed by atoms with Crippen LogP contribution >= 0.6 is 22.6 Å². The van der Waals surface area contributed by atoms with Crippen molar-refractivity contribution in [1.29, 1.82) is 0 Å². The number of hydrogen-bond acceptors (Lipinski definition) is 0. The van der Waals surface area contributed by atoms with E-state index in [9.17, 15) is 0 Å². The molecule has 0 saturated carbocycles. The Morgan fingerprint density at radius 1 is 1.00 bits per heavy atom. The number of hydrogen-bond donors (Lipinski definition) is 0. The van der Waals surface area contributed by atoms with E-state index in [-0.39, 0.29) is 0 Å². The lowest BCUT2D eigenvalue weighted by Gasteiger charge is -2.06. The van der Waals surface area contributed by atoms with E-state index < -0.39 is 0 Å². The quantitative estimate of drug-likeness (QED) is 0.682. The maximum Gasteiger partial charge on any atom is 0.0130 e. The normalized spacial score (nSPS) is 15.6. The Balaban J connectivity index is 2.30.